The minimum absolute atomic E-state index is 0.203. The highest BCUT2D eigenvalue weighted by Gasteiger charge is 2.27. The van der Waals surface area contributed by atoms with Gasteiger partial charge in [-0.3, -0.25) is 10.1 Å². The van der Waals surface area contributed by atoms with E-state index in [0.717, 1.165) is 11.8 Å². The van der Waals surface area contributed by atoms with E-state index < -0.39 is 20.4 Å². The molecule has 0 atom stereocenters. The highest BCUT2D eigenvalue weighted by Crippen LogP contribution is 2.35. The van der Waals surface area contributed by atoms with E-state index in [1.807, 2.05) is 0 Å². The van der Waals surface area contributed by atoms with Gasteiger partial charge in [-0.1, -0.05) is 35.3 Å². The minimum Gasteiger partial charge on any atom is -0.365 e. The lowest BCUT2D eigenvalue weighted by atomic mass is 10.2. The van der Waals surface area contributed by atoms with E-state index in [0.29, 0.717) is 16.6 Å². The number of halogens is 2. The van der Waals surface area contributed by atoms with E-state index in [2.05, 4.69) is 0 Å². The van der Waals surface area contributed by atoms with Crippen molar-refractivity contribution in [1.29, 1.82) is 0 Å². The van der Waals surface area contributed by atoms with Crippen LogP contribution in [0.25, 0.3) is 0 Å². The molecule has 0 bridgehead atoms. The Morgan fingerprint density at radius 2 is 1.83 bits per heavy atom. The van der Waals surface area contributed by atoms with Crippen molar-refractivity contribution in [3.63, 3.8) is 0 Å². The van der Waals surface area contributed by atoms with Gasteiger partial charge in [0.1, 0.15) is 10.6 Å². The van der Waals surface area contributed by atoms with Crippen molar-refractivity contribution in [2.75, 3.05) is 18.2 Å². The SMILES string of the molecule is CN(Cc1ccc(Cl)c(Cl)c1)c1cccc(S(C)(=O)=O)c1[N+](=O)[O-]. The second kappa shape index (κ2) is 6.96. The number of hydrogen-bond donors (Lipinski definition) is 0. The number of sulfone groups is 1. The van der Waals surface area contributed by atoms with E-state index in [-0.39, 0.29) is 10.6 Å². The summed E-state index contributed by atoms with van der Waals surface area (Å²) in [4.78, 5) is 12.0. The first-order chi connectivity index (χ1) is 11.1. The van der Waals surface area contributed by atoms with Crippen LogP contribution in [-0.4, -0.2) is 26.6 Å². The third-order valence-corrected chi connectivity index (χ3v) is 5.24. The van der Waals surface area contributed by atoms with Crippen LogP contribution in [0.4, 0.5) is 11.4 Å². The van der Waals surface area contributed by atoms with Crippen molar-refractivity contribution in [2.24, 2.45) is 0 Å². The van der Waals surface area contributed by atoms with Crippen LogP contribution in [0, 0.1) is 10.1 Å². The Hall–Kier alpha value is -1.83. The van der Waals surface area contributed by atoms with Gasteiger partial charge in [0.05, 0.1) is 15.0 Å². The molecule has 2 aromatic rings. The maximum absolute atomic E-state index is 11.8. The molecule has 2 aromatic carbocycles. The molecule has 0 amide bonds. The largest absolute Gasteiger partial charge is 0.365 e. The van der Waals surface area contributed by atoms with E-state index in [4.69, 9.17) is 23.2 Å². The first-order valence-electron chi connectivity index (χ1n) is 6.74. The normalized spacial score (nSPS) is 11.3. The number of benzene rings is 2. The van der Waals surface area contributed by atoms with Crippen molar-refractivity contribution >= 4 is 44.4 Å². The summed E-state index contributed by atoms with van der Waals surface area (Å²) in [6, 6.07) is 9.25. The Morgan fingerprint density at radius 1 is 1.17 bits per heavy atom. The monoisotopic (exact) mass is 388 g/mol. The van der Waals surface area contributed by atoms with Crippen molar-refractivity contribution in [1.82, 2.24) is 0 Å². The number of nitro benzene ring substituents is 1. The number of rotatable bonds is 5. The predicted molar refractivity (Wildman–Crippen MR) is 94.8 cm³/mol. The molecular formula is C15H14Cl2N2O4S. The summed E-state index contributed by atoms with van der Waals surface area (Å²) in [5.74, 6) is 0. The lowest BCUT2D eigenvalue weighted by molar-refractivity contribution is -0.387. The molecule has 0 N–H and O–H groups in total. The second-order valence-electron chi connectivity index (χ2n) is 5.26. The number of para-hydroxylation sites is 1. The van der Waals surface area contributed by atoms with Crippen LogP contribution in [0.3, 0.4) is 0 Å². The lowest BCUT2D eigenvalue weighted by Gasteiger charge is -2.20. The summed E-state index contributed by atoms with van der Waals surface area (Å²) >= 11 is 11.8. The Balaban J connectivity index is 2.47. The maximum Gasteiger partial charge on any atom is 0.311 e. The molecule has 0 aromatic heterocycles. The van der Waals surface area contributed by atoms with Crippen LogP contribution < -0.4 is 4.90 Å². The van der Waals surface area contributed by atoms with Gasteiger partial charge in [0.15, 0.2) is 9.84 Å². The third-order valence-electron chi connectivity index (χ3n) is 3.37. The molecular weight excluding hydrogens is 375 g/mol. The maximum atomic E-state index is 11.8. The molecule has 0 heterocycles. The average Bonchev–Trinajstić information content (AvgIpc) is 2.49. The number of nitro groups is 1. The van der Waals surface area contributed by atoms with Gasteiger partial charge in [0, 0.05) is 19.8 Å². The second-order valence-corrected chi connectivity index (χ2v) is 8.06. The number of anilines is 1. The first-order valence-corrected chi connectivity index (χ1v) is 9.38. The van der Waals surface area contributed by atoms with E-state index in [9.17, 15) is 18.5 Å². The molecule has 0 aliphatic carbocycles. The molecule has 0 spiro atoms. The lowest BCUT2D eigenvalue weighted by Crippen LogP contribution is -2.19. The Morgan fingerprint density at radius 3 is 2.38 bits per heavy atom. The standard InChI is InChI=1S/C15H14Cl2N2O4S/c1-18(9-10-6-7-11(16)12(17)8-10)13-4-3-5-14(24(2,22)23)15(13)19(20)21/h3-8H,9H2,1-2H3. The summed E-state index contributed by atoms with van der Waals surface area (Å²) in [6.45, 7) is 0.297. The summed E-state index contributed by atoms with van der Waals surface area (Å²) in [5, 5.41) is 12.2. The molecule has 2 rings (SSSR count). The molecule has 0 radical (unpaired) electrons. The molecule has 9 heteroatoms. The molecule has 0 saturated carbocycles. The molecule has 24 heavy (non-hydrogen) atoms. The average molecular weight is 389 g/mol. The van der Waals surface area contributed by atoms with Gasteiger partial charge in [0.2, 0.25) is 0 Å². The zero-order valence-electron chi connectivity index (χ0n) is 12.9. The van der Waals surface area contributed by atoms with Crippen molar-refractivity contribution in [2.45, 2.75) is 11.4 Å². The predicted octanol–water partition coefficient (Wildman–Crippen LogP) is 3.94. The molecule has 0 fully saturated rings. The molecule has 0 saturated heterocycles. The zero-order chi connectivity index (χ0) is 18.1. The summed E-state index contributed by atoms with van der Waals surface area (Å²) in [6.07, 6.45) is 0.943. The fraction of sp³-hybridized carbons (Fsp3) is 0.200. The molecule has 0 aliphatic heterocycles. The van der Waals surface area contributed by atoms with Gasteiger partial charge < -0.3 is 4.90 Å². The summed E-state index contributed by atoms with van der Waals surface area (Å²) in [7, 11) is -2.09. The summed E-state index contributed by atoms with van der Waals surface area (Å²) < 4.78 is 23.6. The highest BCUT2D eigenvalue weighted by molar-refractivity contribution is 7.90. The number of nitrogens with zero attached hydrogens (tertiary/aromatic N) is 2. The first kappa shape index (κ1) is 18.5. The van der Waals surface area contributed by atoms with Gasteiger partial charge in [0.25, 0.3) is 0 Å². The van der Waals surface area contributed by atoms with Crippen molar-refractivity contribution < 1.29 is 13.3 Å². The highest BCUT2D eigenvalue weighted by atomic mass is 35.5. The third kappa shape index (κ3) is 3.98. The van der Waals surface area contributed by atoms with Crippen molar-refractivity contribution in [3.8, 4) is 0 Å². The Kier molecular flexibility index (Phi) is 5.37. The quantitative estimate of drug-likeness (QED) is 0.572. The van der Waals surface area contributed by atoms with Crippen LogP contribution in [0.5, 0.6) is 0 Å². The minimum atomic E-state index is -3.73. The van der Waals surface area contributed by atoms with Gasteiger partial charge in [-0.05, 0) is 29.8 Å². The topological polar surface area (TPSA) is 80.5 Å². The van der Waals surface area contributed by atoms with Crippen LogP contribution >= 0.6 is 23.2 Å². The fourth-order valence-corrected chi connectivity index (χ4v) is 3.48. The molecule has 6 nitrogen and oxygen atoms in total. The molecule has 0 unspecified atom stereocenters. The van der Waals surface area contributed by atoms with E-state index in [1.54, 1.807) is 30.1 Å². The van der Waals surface area contributed by atoms with Crippen LogP contribution in [-0.2, 0) is 16.4 Å². The number of hydrogen-bond acceptors (Lipinski definition) is 5. The van der Waals surface area contributed by atoms with Gasteiger partial charge >= 0.3 is 5.69 Å². The Labute approximate surface area is 149 Å². The van der Waals surface area contributed by atoms with Gasteiger partial charge in [-0.15, -0.1) is 0 Å². The van der Waals surface area contributed by atoms with Crippen LogP contribution in [0.15, 0.2) is 41.3 Å². The van der Waals surface area contributed by atoms with E-state index >= 15 is 0 Å². The van der Waals surface area contributed by atoms with Crippen LogP contribution in [0.1, 0.15) is 5.56 Å². The van der Waals surface area contributed by atoms with Gasteiger partial charge in [-0.2, -0.15) is 0 Å². The van der Waals surface area contributed by atoms with E-state index in [1.165, 1.54) is 18.2 Å². The molecule has 0 aliphatic rings. The smallest absolute Gasteiger partial charge is 0.311 e. The van der Waals surface area contributed by atoms with Crippen LogP contribution in [0.2, 0.25) is 10.0 Å². The summed E-state index contributed by atoms with van der Waals surface area (Å²) in [5.41, 5.74) is 0.544. The van der Waals surface area contributed by atoms with Crippen molar-refractivity contribution in [3.05, 3.63) is 62.1 Å². The zero-order valence-corrected chi connectivity index (χ0v) is 15.2. The fourth-order valence-electron chi connectivity index (χ4n) is 2.30. The van der Waals surface area contributed by atoms with Gasteiger partial charge in [-0.25, -0.2) is 8.42 Å². The molecule has 128 valence electrons. The Bertz CT molecular complexity index is 900.